The first kappa shape index (κ1) is 21.0. The number of halogens is 5. The van der Waals surface area contributed by atoms with Gasteiger partial charge in [0.15, 0.2) is 23.3 Å². The topological polar surface area (TPSA) is 29.4 Å². The predicted molar refractivity (Wildman–Crippen MR) is 96.8 cm³/mol. The zero-order valence-electron chi connectivity index (χ0n) is 15.0. The van der Waals surface area contributed by atoms with Gasteiger partial charge >= 0.3 is 0 Å². The first-order valence-electron chi connectivity index (χ1n) is 7.96. The standard InChI is InChI=1S/C21H14F5NO/c1-5-8-11(6-2)13-9-12(7-3)21(28)19(10(13)4)27-20-17(25)15(23)14(22)16(24)18(20)26/h5-8H,3-4H2,1-2H3/b8-5-,11-6-,27-19?. The highest BCUT2D eigenvalue weighted by molar-refractivity contribution is 6.54. The van der Waals surface area contributed by atoms with Gasteiger partial charge in [0.25, 0.3) is 0 Å². The molecule has 0 fully saturated rings. The molecule has 0 heterocycles. The van der Waals surface area contributed by atoms with Crippen LogP contribution in [0, 0.1) is 29.1 Å². The summed E-state index contributed by atoms with van der Waals surface area (Å²) in [4.78, 5) is 16.0. The van der Waals surface area contributed by atoms with Crippen LogP contribution in [-0.4, -0.2) is 11.5 Å². The van der Waals surface area contributed by atoms with Crippen molar-refractivity contribution in [3.05, 3.63) is 94.6 Å². The van der Waals surface area contributed by atoms with Gasteiger partial charge < -0.3 is 0 Å². The summed E-state index contributed by atoms with van der Waals surface area (Å²) in [5.74, 6) is -11.8. The molecule has 1 aromatic carbocycles. The van der Waals surface area contributed by atoms with E-state index < -0.39 is 46.3 Å². The summed E-state index contributed by atoms with van der Waals surface area (Å²) in [6.07, 6.45) is 6.17. The van der Waals surface area contributed by atoms with Crippen molar-refractivity contribution in [2.24, 2.45) is 4.99 Å². The monoisotopic (exact) mass is 391 g/mol. The maximum atomic E-state index is 14.0. The van der Waals surface area contributed by atoms with Gasteiger partial charge in [-0.2, -0.15) is 0 Å². The van der Waals surface area contributed by atoms with E-state index >= 15 is 0 Å². The molecule has 0 amide bonds. The van der Waals surface area contributed by atoms with E-state index in [1.54, 1.807) is 32.1 Å². The lowest BCUT2D eigenvalue weighted by atomic mass is 9.86. The summed E-state index contributed by atoms with van der Waals surface area (Å²) in [5, 5.41) is 0. The van der Waals surface area contributed by atoms with Gasteiger partial charge in [-0.3, -0.25) is 4.79 Å². The molecule has 0 N–H and O–H groups in total. The van der Waals surface area contributed by atoms with Crippen LogP contribution in [0.25, 0.3) is 0 Å². The lowest BCUT2D eigenvalue weighted by Gasteiger charge is -2.17. The number of aliphatic imine (C=N–C) groups is 1. The van der Waals surface area contributed by atoms with E-state index in [1.165, 1.54) is 0 Å². The van der Waals surface area contributed by atoms with Gasteiger partial charge in [-0.05, 0) is 19.4 Å². The zero-order valence-corrected chi connectivity index (χ0v) is 15.0. The number of nitrogens with zero attached hydrogens (tertiary/aromatic N) is 1. The molecular weight excluding hydrogens is 377 g/mol. The molecular formula is C21H14F5NO. The highest BCUT2D eigenvalue weighted by atomic mass is 19.2. The molecule has 0 unspecified atom stereocenters. The molecule has 0 saturated heterocycles. The number of hydrogen-bond acceptors (Lipinski definition) is 2. The van der Waals surface area contributed by atoms with Crippen molar-refractivity contribution in [1.82, 2.24) is 0 Å². The van der Waals surface area contributed by atoms with Gasteiger partial charge in [0, 0.05) is 11.1 Å². The molecule has 28 heavy (non-hydrogen) atoms. The number of allylic oxidation sites excluding steroid dienone is 7. The summed E-state index contributed by atoms with van der Waals surface area (Å²) >= 11 is 0. The lowest BCUT2D eigenvalue weighted by molar-refractivity contribution is -0.109. The second-order valence-corrected chi connectivity index (χ2v) is 5.55. The first-order chi connectivity index (χ1) is 13.2. The molecule has 0 aliphatic heterocycles. The van der Waals surface area contributed by atoms with Crippen LogP contribution in [0.4, 0.5) is 27.6 Å². The predicted octanol–water partition coefficient (Wildman–Crippen LogP) is 5.75. The fourth-order valence-corrected chi connectivity index (χ4v) is 2.46. The third-order valence-corrected chi connectivity index (χ3v) is 3.87. The Morgan fingerprint density at radius 1 is 1.00 bits per heavy atom. The van der Waals surface area contributed by atoms with Gasteiger partial charge in [0.1, 0.15) is 11.4 Å². The van der Waals surface area contributed by atoms with Crippen LogP contribution < -0.4 is 0 Å². The molecule has 7 heteroatoms. The van der Waals surface area contributed by atoms with Crippen LogP contribution in [0.1, 0.15) is 13.8 Å². The molecule has 0 bridgehead atoms. The zero-order chi connectivity index (χ0) is 21.2. The van der Waals surface area contributed by atoms with Crippen molar-refractivity contribution in [3.63, 3.8) is 0 Å². The Morgan fingerprint density at radius 3 is 2.00 bits per heavy atom. The van der Waals surface area contributed by atoms with Crippen molar-refractivity contribution in [1.29, 1.82) is 0 Å². The van der Waals surface area contributed by atoms with E-state index in [9.17, 15) is 26.7 Å². The summed E-state index contributed by atoms with van der Waals surface area (Å²) in [7, 11) is 0. The average Bonchev–Trinajstić information content (AvgIpc) is 2.69. The second kappa shape index (κ2) is 8.15. The minimum absolute atomic E-state index is 0.0780. The Morgan fingerprint density at radius 2 is 1.54 bits per heavy atom. The molecule has 0 radical (unpaired) electrons. The van der Waals surface area contributed by atoms with E-state index in [4.69, 9.17) is 0 Å². The smallest absolute Gasteiger partial charge is 0.219 e. The number of benzene rings is 1. The van der Waals surface area contributed by atoms with Crippen LogP contribution in [-0.2, 0) is 4.79 Å². The van der Waals surface area contributed by atoms with Gasteiger partial charge in [-0.15, -0.1) is 0 Å². The maximum Gasteiger partial charge on any atom is 0.219 e. The minimum Gasteiger partial charge on any atom is -0.286 e. The molecule has 0 saturated carbocycles. The van der Waals surface area contributed by atoms with Crippen molar-refractivity contribution < 1.29 is 26.7 Å². The van der Waals surface area contributed by atoms with Gasteiger partial charge in [0.2, 0.25) is 11.6 Å². The first-order valence-corrected chi connectivity index (χ1v) is 7.96. The highest BCUT2D eigenvalue weighted by Gasteiger charge is 2.30. The van der Waals surface area contributed by atoms with Crippen molar-refractivity contribution >= 4 is 17.2 Å². The van der Waals surface area contributed by atoms with E-state index in [2.05, 4.69) is 23.9 Å². The lowest BCUT2D eigenvalue weighted by Crippen LogP contribution is -2.22. The van der Waals surface area contributed by atoms with Crippen molar-refractivity contribution in [2.75, 3.05) is 0 Å². The third kappa shape index (κ3) is 3.44. The molecule has 0 spiro atoms. The highest BCUT2D eigenvalue weighted by Crippen LogP contribution is 2.33. The molecule has 2 rings (SSSR count). The van der Waals surface area contributed by atoms with Gasteiger partial charge in [-0.25, -0.2) is 26.9 Å². The van der Waals surface area contributed by atoms with Gasteiger partial charge in [-0.1, -0.05) is 43.2 Å². The molecule has 0 aromatic heterocycles. The van der Waals surface area contributed by atoms with E-state index in [1.807, 2.05) is 0 Å². The Balaban J connectivity index is 2.80. The van der Waals surface area contributed by atoms with Crippen molar-refractivity contribution in [2.45, 2.75) is 13.8 Å². The average molecular weight is 391 g/mol. The fraction of sp³-hybridized carbons (Fsp3) is 0.0952. The van der Waals surface area contributed by atoms with Crippen LogP contribution >= 0.6 is 0 Å². The Bertz CT molecular complexity index is 1040. The molecule has 1 aliphatic carbocycles. The Hall–Kier alpha value is -3.31. The fourth-order valence-electron chi connectivity index (χ4n) is 2.46. The van der Waals surface area contributed by atoms with Crippen LogP contribution in [0.15, 0.2) is 70.5 Å². The Kier molecular flexibility index (Phi) is 6.11. The normalized spacial score (nSPS) is 16.7. The van der Waals surface area contributed by atoms with Crippen LogP contribution in [0.3, 0.4) is 0 Å². The molecule has 0 atom stereocenters. The molecule has 144 valence electrons. The number of rotatable bonds is 4. The van der Waals surface area contributed by atoms with Crippen molar-refractivity contribution in [3.8, 4) is 0 Å². The van der Waals surface area contributed by atoms with E-state index in [0.717, 1.165) is 6.08 Å². The van der Waals surface area contributed by atoms with Crippen LogP contribution in [0.5, 0.6) is 0 Å². The number of carbonyl (C=O) groups is 1. The minimum atomic E-state index is -2.32. The SMILES string of the molecule is C=CC1=C=C(C(/C=C\C)=C\C)C(=C)C(=Nc2c(F)c(F)c(F)c(F)c2F)C1=O. The number of Topliss-reactive ketones (excluding diaryl/α,β-unsaturated/α-hetero) is 1. The molecule has 1 aliphatic rings. The second-order valence-electron chi connectivity index (χ2n) is 5.55. The third-order valence-electron chi connectivity index (χ3n) is 3.87. The quantitative estimate of drug-likeness (QED) is 0.211. The summed E-state index contributed by atoms with van der Waals surface area (Å²) in [5.41, 5.74) is 1.41. The summed E-state index contributed by atoms with van der Waals surface area (Å²) < 4.78 is 68.1. The molecule has 2 nitrogen and oxygen atoms in total. The van der Waals surface area contributed by atoms with Gasteiger partial charge in [0.05, 0.1) is 5.57 Å². The van der Waals surface area contributed by atoms with E-state index in [-0.39, 0.29) is 16.7 Å². The summed E-state index contributed by atoms with van der Waals surface area (Å²) in [6, 6.07) is 0. The maximum absolute atomic E-state index is 14.0. The number of hydrogen-bond donors (Lipinski definition) is 0. The Labute approximate surface area is 158 Å². The van der Waals surface area contributed by atoms with E-state index in [0.29, 0.717) is 5.57 Å². The van der Waals surface area contributed by atoms with Crippen LogP contribution in [0.2, 0.25) is 0 Å². The number of ketones is 1. The largest absolute Gasteiger partial charge is 0.286 e. The number of carbonyl (C=O) groups excluding carboxylic acids is 1. The molecule has 1 aromatic rings. The summed E-state index contributed by atoms with van der Waals surface area (Å²) in [6.45, 7) is 10.6.